The highest BCUT2D eigenvalue weighted by molar-refractivity contribution is 7.91. The number of aromatic nitrogens is 1. The molecule has 9 heteroatoms. The number of thiazole rings is 1. The number of nitrogens with zero attached hydrogens (tertiary/aromatic N) is 2. The summed E-state index contributed by atoms with van der Waals surface area (Å²) in [5.41, 5.74) is 1.69. The van der Waals surface area contributed by atoms with Gasteiger partial charge in [0.15, 0.2) is 15.0 Å². The van der Waals surface area contributed by atoms with Crippen LogP contribution < -0.4 is 9.64 Å². The van der Waals surface area contributed by atoms with E-state index in [0.717, 1.165) is 10.3 Å². The summed E-state index contributed by atoms with van der Waals surface area (Å²) < 4.78 is 37.4. The molecule has 2 heterocycles. The number of furan rings is 1. The molecule has 0 aliphatic carbocycles. The van der Waals surface area contributed by atoms with E-state index in [2.05, 4.69) is 4.98 Å². The van der Waals surface area contributed by atoms with Crippen molar-refractivity contribution in [3.63, 3.8) is 0 Å². The number of hydrogen-bond donors (Lipinski definition) is 0. The van der Waals surface area contributed by atoms with Crippen LogP contribution in [-0.4, -0.2) is 31.7 Å². The number of carbonyl (C=O) groups is 1. The molecular weight excluding hydrogens is 472 g/mol. The molecule has 7 nitrogen and oxygen atoms in total. The molecule has 0 unspecified atom stereocenters. The van der Waals surface area contributed by atoms with Crippen LogP contribution in [0.25, 0.3) is 10.2 Å². The van der Waals surface area contributed by atoms with Crippen LogP contribution in [0.5, 0.6) is 5.75 Å². The second-order valence-corrected chi connectivity index (χ2v) is 10.9. The van der Waals surface area contributed by atoms with Crippen LogP contribution in [0.4, 0.5) is 5.13 Å². The third-order valence-electron chi connectivity index (χ3n) is 5.28. The van der Waals surface area contributed by atoms with Gasteiger partial charge in [-0.15, -0.1) is 0 Å². The zero-order valence-electron chi connectivity index (χ0n) is 19.1. The van der Waals surface area contributed by atoms with Crippen molar-refractivity contribution < 1.29 is 22.4 Å². The highest BCUT2D eigenvalue weighted by atomic mass is 32.2. The number of ether oxygens (including phenoxy) is 1. The van der Waals surface area contributed by atoms with E-state index in [9.17, 15) is 13.2 Å². The first-order valence-electron chi connectivity index (χ1n) is 11.0. The first-order valence-corrected chi connectivity index (χ1v) is 13.5. The van der Waals surface area contributed by atoms with E-state index in [-0.39, 0.29) is 35.9 Å². The normalized spacial score (nSPS) is 11.6. The Morgan fingerprint density at radius 2 is 1.91 bits per heavy atom. The van der Waals surface area contributed by atoms with Crippen LogP contribution in [0.2, 0.25) is 0 Å². The number of anilines is 1. The smallest absolute Gasteiger partial charge is 0.229 e. The summed E-state index contributed by atoms with van der Waals surface area (Å²) in [4.78, 5) is 19.8. The number of para-hydroxylation sites is 1. The summed E-state index contributed by atoms with van der Waals surface area (Å²) in [6.45, 7) is 4.53. The maximum absolute atomic E-state index is 13.2. The van der Waals surface area contributed by atoms with Gasteiger partial charge in [0, 0.05) is 6.42 Å². The third kappa shape index (κ3) is 5.48. The molecule has 0 saturated heterocycles. The zero-order chi connectivity index (χ0) is 24.1. The van der Waals surface area contributed by atoms with Gasteiger partial charge in [0.05, 0.1) is 34.8 Å². The van der Waals surface area contributed by atoms with E-state index < -0.39 is 9.84 Å². The Morgan fingerprint density at radius 3 is 2.62 bits per heavy atom. The van der Waals surface area contributed by atoms with Gasteiger partial charge < -0.3 is 9.15 Å². The Hall–Kier alpha value is -3.17. The van der Waals surface area contributed by atoms with Gasteiger partial charge in [-0.25, -0.2) is 13.4 Å². The Bertz CT molecular complexity index is 1360. The molecule has 0 N–H and O–H groups in total. The maximum Gasteiger partial charge on any atom is 0.229 e. The van der Waals surface area contributed by atoms with Gasteiger partial charge in [0.1, 0.15) is 17.0 Å². The Kier molecular flexibility index (Phi) is 7.33. The minimum Gasteiger partial charge on any atom is -0.492 e. The Balaban J connectivity index is 1.53. The minimum atomic E-state index is -3.46. The average Bonchev–Trinajstić information content (AvgIpc) is 3.48. The van der Waals surface area contributed by atoms with Gasteiger partial charge in [0.2, 0.25) is 5.91 Å². The number of carbonyl (C=O) groups excluding carboxylic acids is 1. The molecule has 34 heavy (non-hydrogen) atoms. The lowest BCUT2D eigenvalue weighted by molar-refractivity contribution is -0.118. The molecule has 4 rings (SSSR count). The lowest BCUT2D eigenvalue weighted by Crippen LogP contribution is -2.30. The molecule has 4 aromatic rings. The summed E-state index contributed by atoms with van der Waals surface area (Å²) in [5, 5.41) is 0.518. The van der Waals surface area contributed by atoms with Gasteiger partial charge in [-0.1, -0.05) is 35.1 Å². The minimum absolute atomic E-state index is 0.0695. The predicted octanol–water partition coefficient (Wildman–Crippen LogP) is 5.38. The third-order valence-corrected chi connectivity index (χ3v) is 8.14. The van der Waals surface area contributed by atoms with Crippen molar-refractivity contribution in [1.29, 1.82) is 0 Å². The Morgan fingerprint density at radius 1 is 1.12 bits per heavy atom. The van der Waals surface area contributed by atoms with Crippen molar-refractivity contribution >= 4 is 42.4 Å². The predicted molar refractivity (Wildman–Crippen MR) is 133 cm³/mol. The van der Waals surface area contributed by atoms with E-state index in [0.29, 0.717) is 28.8 Å². The number of hydrogen-bond acceptors (Lipinski definition) is 7. The fraction of sp³-hybridized carbons (Fsp3) is 0.280. The van der Waals surface area contributed by atoms with Crippen molar-refractivity contribution in [3.05, 3.63) is 72.2 Å². The number of benzene rings is 2. The topological polar surface area (TPSA) is 89.7 Å². The summed E-state index contributed by atoms with van der Waals surface area (Å²) in [5.74, 6) is 0.958. The van der Waals surface area contributed by atoms with E-state index >= 15 is 0 Å². The highest BCUT2D eigenvalue weighted by Crippen LogP contribution is 2.35. The number of fused-ring (bicyclic) bond motifs is 1. The van der Waals surface area contributed by atoms with E-state index in [4.69, 9.17) is 9.15 Å². The summed E-state index contributed by atoms with van der Waals surface area (Å²) in [6, 6.07) is 16.0. The SMILES string of the molecule is CCOc1cccc2sc(N(Cc3ccco3)C(=O)CCCS(=O)(=O)c3ccc(C)cc3)nc12. The molecule has 0 aliphatic heterocycles. The molecule has 1 amide bonds. The van der Waals surface area contributed by atoms with Crippen LogP contribution in [-0.2, 0) is 21.2 Å². The van der Waals surface area contributed by atoms with E-state index in [1.165, 1.54) is 11.3 Å². The lowest BCUT2D eigenvalue weighted by atomic mass is 10.2. The lowest BCUT2D eigenvalue weighted by Gasteiger charge is -2.18. The molecular formula is C25H26N2O5S2. The zero-order valence-corrected chi connectivity index (χ0v) is 20.7. The number of aryl methyl sites for hydroxylation is 1. The molecule has 0 spiro atoms. The van der Waals surface area contributed by atoms with Crippen molar-refractivity contribution in [1.82, 2.24) is 4.98 Å². The largest absolute Gasteiger partial charge is 0.492 e. The molecule has 0 saturated carbocycles. The van der Waals surface area contributed by atoms with Crippen molar-refractivity contribution in [2.75, 3.05) is 17.3 Å². The second-order valence-electron chi connectivity index (χ2n) is 7.83. The maximum atomic E-state index is 13.2. The molecule has 0 fully saturated rings. The molecule has 0 radical (unpaired) electrons. The van der Waals surface area contributed by atoms with Crippen molar-refractivity contribution in [2.24, 2.45) is 0 Å². The van der Waals surface area contributed by atoms with E-state index in [1.54, 1.807) is 47.6 Å². The van der Waals surface area contributed by atoms with Crippen molar-refractivity contribution in [3.8, 4) is 5.75 Å². The van der Waals surface area contributed by atoms with Crippen LogP contribution in [0, 0.1) is 6.92 Å². The molecule has 2 aromatic heterocycles. The summed E-state index contributed by atoms with van der Waals surface area (Å²) in [6.07, 6.45) is 1.83. The summed E-state index contributed by atoms with van der Waals surface area (Å²) in [7, 11) is -3.46. The molecule has 2 aromatic carbocycles. The van der Waals surface area contributed by atoms with Gasteiger partial charge >= 0.3 is 0 Å². The highest BCUT2D eigenvalue weighted by Gasteiger charge is 2.23. The Labute approximate surface area is 202 Å². The molecule has 0 aliphatic rings. The molecule has 0 bridgehead atoms. The van der Waals surface area contributed by atoms with Gasteiger partial charge in [-0.3, -0.25) is 9.69 Å². The fourth-order valence-corrected chi connectivity index (χ4v) is 5.84. The molecule has 0 atom stereocenters. The fourth-order valence-electron chi connectivity index (χ4n) is 3.53. The average molecular weight is 499 g/mol. The second kappa shape index (κ2) is 10.4. The first kappa shape index (κ1) is 24.0. The quantitative estimate of drug-likeness (QED) is 0.291. The number of rotatable bonds is 10. The number of amides is 1. The van der Waals surface area contributed by atoms with Crippen LogP contribution in [0.3, 0.4) is 0 Å². The summed E-state index contributed by atoms with van der Waals surface area (Å²) >= 11 is 1.39. The van der Waals surface area contributed by atoms with Gasteiger partial charge in [-0.05, 0) is 56.7 Å². The van der Waals surface area contributed by atoms with Gasteiger partial charge in [0.25, 0.3) is 0 Å². The van der Waals surface area contributed by atoms with Crippen molar-refractivity contribution in [2.45, 2.75) is 38.1 Å². The van der Waals surface area contributed by atoms with Crippen LogP contribution in [0.1, 0.15) is 31.1 Å². The first-order chi connectivity index (χ1) is 16.4. The van der Waals surface area contributed by atoms with Gasteiger partial charge in [-0.2, -0.15) is 0 Å². The molecule has 178 valence electrons. The standard InChI is InChI=1S/C25H26N2O5S2/c1-3-31-21-8-4-9-22-24(21)26-25(33-22)27(17-19-7-5-15-32-19)23(28)10-6-16-34(29,30)20-13-11-18(2)12-14-20/h4-5,7-9,11-15H,3,6,10,16-17H2,1-2H3. The van der Waals surface area contributed by atoms with E-state index in [1.807, 2.05) is 32.0 Å². The monoisotopic (exact) mass is 498 g/mol. The van der Waals surface area contributed by atoms with Crippen LogP contribution in [0.15, 0.2) is 70.2 Å². The number of sulfone groups is 1. The van der Waals surface area contributed by atoms with Crippen LogP contribution >= 0.6 is 11.3 Å².